The van der Waals surface area contributed by atoms with Crippen LogP contribution in [0.5, 0.6) is 0 Å². The van der Waals surface area contributed by atoms with Gasteiger partial charge in [-0.1, -0.05) is 5.21 Å². The van der Waals surface area contributed by atoms with Gasteiger partial charge in [0.1, 0.15) is 0 Å². The van der Waals surface area contributed by atoms with Gasteiger partial charge in [0, 0.05) is 6.04 Å². The van der Waals surface area contributed by atoms with Gasteiger partial charge >= 0.3 is 0 Å². The molecule has 6 heteroatoms. The van der Waals surface area contributed by atoms with Crippen molar-refractivity contribution < 1.29 is 0 Å². The Hall–Kier alpha value is -1.27. The summed E-state index contributed by atoms with van der Waals surface area (Å²) in [6, 6.07) is 2.51. The van der Waals surface area contributed by atoms with Crippen molar-refractivity contribution in [2.45, 2.75) is 25.9 Å². The van der Waals surface area contributed by atoms with E-state index < -0.39 is 0 Å². The lowest BCUT2D eigenvalue weighted by Crippen LogP contribution is -2.23. The van der Waals surface area contributed by atoms with E-state index in [2.05, 4.69) is 49.7 Å². The summed E-state index contributed by atoms with van der Waals surface area (Å²) >= 11 is 1.70. The molecular weight excluding hydrogens is 210 g/mol. The first-order valence-corrected chi connectivity index (χ1v) is 5.73. The zero-order valence-corrected chi connectivity index (χ0v) is 9.45. The van der Waals surface area contributed by atoms with Crippen LogP contribution in [0.25, 0.3) is 0 Å². The first-order chi connectivity index (χ1) is 7.27. The van der Waals surface area contributed by atoms with Gasteiger partial charge in [0.25, 0.3) is 0 Å². The lowest BCUT2D eigenvalue weighted by Gasteiger charge is -2.16. The van der Waals surface area contributed by atoms with Crippen molar-refractivity contribution in [2.75, 3.05) is 0 Å². The van der Waals surface area contributed by atoms with Gasteiger partial charge < -0.3 is 5.32 Å². The molecule has 2 heterocycles. The minimum Gasteiger partial charge on any atom is -0.301 e. The second kappa shape index (κ2) is 4.50. The highest BCUT2D eigenvalue weighted by Gasteiger charge is 2.14. The predicted octanol–water partition coefficient (Wildman–Crippen LogP) is 1.67. The first-order valence-electron chi connectivity index (χ1n) is 4.79. The summed E-state index contributed by atoms with van der Waals surface area (Å²) < 4.78 is 0. The Morgan fingerprint density at radius 2 is 2.27 bits per heavy atom. The second-order valence-corrected chi connectivity index (χ2v) is 4.22. The van der Waals surface area contributed by atoms with Gasteiger partial charge in [0.05, 0.1) is 6.04 Å². The van der Waals surface area contributed by atoms with Crippen LogP contribution in [-0.2, 0) is 0 Å². The van der Waals surface area contributed by atoms with E-state index in [1.165, 1.54) is 5.56 Å². The van der Waals surface area contributed by atoms with Gasteiger partial charge in [-0.2, -0.15) is 16.6 Å². The molecule has 5 nitrogen and oxygen atoms in total. The van der Waals surface area contributed by atoms with Crippen molar-refractivity contribution in [3.8, 4) is 0 Å². The molecule has 2 aromatic rings. The Balaban J connectivity index is 1.98. The van der Waals surface area contributed by atoms with E-state index in [1.54, 1.807) is 11.3 Å². The van der Waals surface area contributed by atoms with Crippen LogP contribution in [0.1, 0.15) is 37.3 Å². The largest absolute Gasteiger partial charge is 0.301 e. The quantitative estimate of drug-likeness (QED) is 0.827. The van der Waals surface area contributed by atoms with E-state index in [1.807, 2.05) is 6.92 Å². The number of tetrazole rings is 1. The van der Waals surface area contributed by atoms with Crippen molar-refractivity contribution in [1.82, 2.24) is 25.9 Å². The molecule has 2 aromatic heterocycles. The Morgan fingerprint density at radius 1 is 1.40 bits per heavy atom. The molecule has 0 aliphatic rings. The molecule has 15 heavy (non-hydrogen) atoms. The third-order valence-corrected chi connectivity index (χ3v) is 2.99. The summed E-state index contributed by atoms with van der Waals surface area (Å²) in [7, 11) is 0. The molecule has 0 fully saturated rings. The number of nitrogens with one attached hydrogen (secondary N) is 2. The summed E-state index contributed by atoms with van der Waals surface area (Å²) in [5.41, 5.74) is 1.29. The zero-order valence-electron chi connectivity index (χ0n) is 8.64. The van der Waals surface area contributed by atoms with Crippen molar-refractivity contribution in [3.63, 3.8) is 0 Å². The van der Waals surface area contributed by atoms with Gasteiger partial charge in [0.2, 0.25) is 0 Å². The number of thiophene rings is 1. The number of nitrogens with zero attached hydrogens (tertiary/aromatic N) is 3. The Labute approximate surface area is 91.9 Å². The molecule has 0 aliphatic heterocycles. The topological polar surface area (TPSA) is 66.5 Å². The standard InChI is InChI=1S/C9H13N5S/c1-6(8-3-4-15-5-8)10-7(2)9-11-13-14-12-9/h3-7,10H,1-2H3,(H,11,12,13,14). The van der Waals surface area contributed by atoms with Crippen molar-refractivity contribution in [3.05, 3.63) is 28.2 Å². The fraction of sp³-hybridized carbons (Fsp3) is 0.444. The Kier molecular flexibility index (Phi) is 3.08. The van der Waals surface area contributed by atoms with Crippen molar-refractivity contribution >= 4 is 11.3 Å². The average molecular weight is 223 g/mol. The minimum atomic E-state index is 0.0960. The van der Waals surface area contributed by atoms with Crippen LogP contribution in [0.2, 0.25) is 0 Å². The van der Waals surface area contributed by atoms with Gasteiger partial charge in [-0.05, 0) is 36.2 Å². The predicted molar refractivity (Wildman–Crippen MR) is 58.5 cm³/mol. The van der Waals surface area contributed by atoms with E-state index in [0.717, 1.165) is 0 Å². The van der Waals surface area contributed by atoms with Crippen LogP contribution in [0.4, 0.5) is 0 Å². The molecule has 2 N–H and O–H groups in total. The molecule has 0 saturated carbocycles. The van der Waals surface area contributed by atoms with Crippen molar-refractivity contribution in [2.24, 2.45) is 0 Å². The molecule has 0 radical (unpaired) electrons. The SMILES string of the molecule is CC(NC(C)c1nn[nH]n1)c1ccsc1. The number of H-pyrrole nitrogens is 1. The molecule has 2 unspecified atom stereocenters. The van der Waals surface area contributed by atoms with Gasteiger partial charge in [-0.25, -0.2) is 0 Å². The molecule has 0 aromatic carbocycles. The molecule has 2 rings (SSSR count). The highest BCUT2D eigenvalue weighted by Crippen LogP contribution is 2.18. The molecular formula is C9H13N5S. The maximum Gasteiger partial charge on any atom is 0.191 e. The Morgan fingerprint density at radius 3 is 2.87 bits per heavy atom. The number of hydrogen-bond donors (Lipinski definition) is 2. The number of hydrogen-bond acceptors (Lipinski definition) is 5. The monoisotopic (exact) mass is 223 g/mol. The lowest BCUT2D eigenvalue weighted by atomic mass is 10.1. The summed E-state index contributed by atoms with van der Waals surface area (Å²) in [5, 5.41) is 21.5. The fourth-order valence-corrected chi connectivity index (χ4v) is 2.17. The third-order valence-electron chi connectivity index (χ3n) is 2.29. The van der Waals surface area contributed by atoms with E-state index in [0.29, 0.717) is 11.9 Å². The summed E-state index contributed by atoms with van der Waals surface area (Å²) in [4.78, 5) is 0. The molecule has 0 bridgehead atoms. The molecule has 80 valence electrons. The number of rotatable bonds is 4. The third kappa shape index (κ3) is 2.40. The van der Waals surface area contributed by atoms with Gasteiger partial charge in [-0.3, -0.25) is 0 Å². The molecule has 0 spiro atoms. The van der Waals surface area contributed by atoms with Crippen LogP contribution in [-0.4, -0.2) is 20.6 Å². The second-order valence-electron chi connectivity index (χ2n) is 3.44. The highest BCUT2D eigenvalue weighted by atomic mass is 32.1. The smallest absolute Gasteiger partial charge is 0.191 e. The average Bonchev–Trinajstić information content (AvgIpc) is 2.91. The fourth-order valence-electron chi connectivity index (χ4n) is 1.42. The molecule has 0 amide bonds. The van der Waals surface area contributed by atoms with Crippen LogP contribution < -0.4 is 5.32 Å². The normalized spacial score (nSPS) is 15.1. The molecule has 0 aliphatic carbocycles. The van der Waals surface area contributed by atoms with Crippen molar-refractivity contribution in [1.29, 1.82) is 0 Å². The maximum absolute atomic E-state index is 3.94. The number of aromatic nitrogens is 4. The summed E-state index contributed by atoms with van der Waals surface area (Å²) in [6.45, 7) is 4.15. The van der Waals surface area contributed by atoms with Crippen LogP contribution in [0.15, 0.2) is 16.8 Å². The molecule has 0 saturated heterocycles. The van der Waals surface area contributed by atoms with Gasteiger partial charge in [-0.15, -0.1) is 10.2 Å². The van der Waals surface area contributed by atoms with E-state index in [9.17, 15) is 0 Å². The maximum atomic E-state index is 3.94. The van der Waals surface area contributed by atoms with Crippen LogP contribution in [0.3, 0.4) is 0 Å². The minimum absolute atomic E-state index is 0.0960. The van der Waals surface area contributed by atoms with Gasteiger partial charge in [0.15, 0.2) is 5.82 Å². The van der Waals surface area contributed by atoms with Crippen LogP contribution >= 0.6 is 11.3 Å². The number of aromatic amines is 1. The summed E-state index contributed by atoms with van der Waals surface area (Å²) in [6.07, 6.45) is 0. The Bertz CT molecular complexity index is 344. The lowest BCUT2D eigenvalue weighted by molar-refractivity contribution is 0.477. The van der Waals surface area contributed by atoms with E-state index in [-0.39, 0.29) is 6.04 Å². The van der Waals surface area contributed by atoms with Crippen LogP contribution in [0, 0.1) is 0 Å². The highest BCUT2D eigenvalue weighted by molar-refractivity contribution is 7.07. The summed E-state index contributed by atoms with van der Waals surface area (Å²) in [5.74, 6) is 0.692. The van der Waals surface area contributed by atoms with E-state index >= 15 is 0 Å². The first kappa shape index (κ1) is 10.3. The van der Waals surface area contributed by atoms with E-state index in [4.69, 9.17) is 0 Å². The molecule has 2 atom stereocenters. The zero-order chi connectivity index (χ0) is 10.7.